The average Bonchev–Trinajstić information content (AvgIpc) is 2.50. The minimum atomic E-state index is -0.271. The molecule has 0 aliphatic heterocycles. The van der Waals surface area contributed by atoms with Gasteiger partial charge in [-0.25, -0.2) is 0 Å². The minimum absolute atomic E-state index is 0.120. The number of hydrogen-bond donors (Lipinski definition) is 2. The van der Waals surface area contributed by atoms with Crippen LogP contribution < -0.4 is 5.32 Å². The van der Waals surface area contributed by atoms with Gasteiger partial charge in [-0.05, 0) is 31.0 Å². The molecule has 0 unspecified atom stereocenters. The molecular weight excluding hydrogens is 257 g/mol. The molecule has 0 saturated heterocycles. The van der Waals surface area contributed by atoms with Gasteiger partial charge in [0, 0.05) is 5.69 Å². The summed E-state index contributed by atoms with van der Waals surface area (Å²) in [5.74, 6) is 0. The van der Waals surface area contributed by atoms with Crippen molar-refractivity contribution in [3.8, 4) is 0 Å². The van der Waals surface area contributed by atoms with Gasteiger partial charge in [-0.2, -0.15) is 0 Å². The van der Waals surface area contributed by atoms with E-state index in [4.69, 9.17) is 23.2 Å². The van der Waals surface area contributed by atoms with E-state index in [9.17, 15) is 5.11 Å². The van der Waals surface area contributed by atoms with Crippen LogP contribution in [0.15, 0.2) is 18.2 Å². The van der Waals surface area contributed by atoms with Crippen molar-refractivity contribution < 1.29 is 5.11 Å². The maximum Gasteiger partial charge on any atom is 0.0741 e. The van der Waals surface area contributed by atoms with Crippen molar-refractivity contribution in [2.24, 2.45) is 0 Å². The first-order chi connectivity index (χ1) is 8.16. The lowest BCUT2D eigenvalue weighted by atomic mass is 10.1. The van der Waals surface area contributed by atoms with Crippen molar-refractivity contribution in [2.75, 3.05) is 5.32 Å². The van der Waals surface area contributed by atoms with E-state index in [-0.39, 0.29) is 12.1 Å². The third-order valence-electron chi connectivity index (χ3n) is 3.25. The highest BCUT2D eigenvalue weighted by Crippen LogP contribution is 2.27. The summed E-state index contributed by atoms with van der Waals surface area (Å²) in [4.78, 5) is 0. The van der Waals surface area contributed by atoms with Gasteiger partial charge in [0.1, 0.15) is 0 Å². The number of aliphatic hydroxyl groups is 1. The van der Waals surface area contributed by atoms with Crippen LogP contribution in [0.2, 0.25) is 10.0 Å². The second-order valence-electron chi connectivity index (χ2n) is 4.59. The van der Waals surface area contributed by atoms with Crippen LogP contribution >= 0.6 is 23.2 Å². The van der Waals surface area contributed by atoms with E-state index in [0.29, 0.717) is 10.0 Å². The number of aliphatic hydroxyl groups excluding tert-OH is 1. The Balaban J connectivity index is 2.05. The minimum Gasteiger partial charge on any atom is -0.391 e. The fraction of sp³-hybridized carbons (Fsp3) is 0.538. The molecule has 0 aromatic heterocycles. The zero-order valence-electron chi connectivity index (χ0n) is 9.63. The van der Waals surface area contributed by atoms with Gasteiger partial charge in [0.15, 0.2) is 0 Å². The standard InChI is InChI=1S/C13H17Cl2NO/c14-10-7-6-9(8-11(10)15)16-12-4-2-1-3-5-13(12)17/h6-8,12-13,16-17H,1-5H2/t12-,13-/m1/s1. The Morgan fingerprint density at radius 3 is 2.59 bits per heavy atom. The van der Waals surface area contributed by atoms with Gasteiger partial charge in [0.05, 0.1) is 22.2 Å². The molecule has 1 saturated carbocycles. The van der Waals surface area contributed by atoms with Gasteiger partial charge in [0.25, 0.3) is 0 Å². The molecule has 2 N–H and O–H groups in total. The Morgan fingerprint density at radius 2 is 1.82 bits per heavy atom. The van der Waals surface area contributed by atoms with E-state index in [0.717, 1.165) is 31.4 Å². The predicted octanol–water partition coefficient (Wildman–Crippen LogP) is 4.10. The van der Waals surface area contributed by atoms with Gasteiger partial charge in [-0.3, -0.25) is 0 Å². The van der Waals surface area contributed by atoms with Crippen molar-refractivity contribution in [1.29, 1.82) is 0 Å². The normalized spacial score (nSPS) is 25.4. The third kappa shape index (κ3) is 3.51. The predicted molar refractivity (Wildman–Crippen MR) is 73.0 cm³/mol. The molecule has 0 spiro atoms. The van der Waals surface area contributed by atoms with Crippen LogP contribution in [0, 0.1) is 0 Å². The number of halogens is 2. The van der Waals surface area contributed by atoms with Gasteiger partial charge in [-0.15, -0.1) is 0 Å². The summed E-state index contributed by atoms with van der Waals surface area (Å²) in [7, 11) is 0. The monoisotopic (exact) mass is 273 g/mol. The molecule has 2 rings (SSSR count). The lowest BCUT2D eigenvalue weighted by molar-refractivity contribution is 0.144. The van der Waals surface area contributed by atoms with E-state index in [1.54, 1.807) is 6.07 Å². The second-order valence-corrected chi connectivity index (χ2v) is 5.40. The quantitative estimate of drug-likeness (QED) is 0.796. The zero-order chi connectivity index (χ0) is 12.3. The number of hydrogen-bond acceptors (Lipinski definition) is 2. The van der Waals surface area contributed by atoms with E-state index in [1.807, 2.05) is 12.1 Å². The fourth-order valence-electron chi connectivity index (χ4n) is 2.26. The first-order valence-corrected chi connectivity index (χ1v) is 6.82. The summed E-state index contributed by atoms with van der Waals surface area (Å²) in [6, 6.07) is 5.59. The van der Waals surface area contributed by atoms with E-state index in [2.05, 4.69) is 5.32 Å². The van der Waals surface area contributed by atoms with Crippen molar-refractivity contribution >= 4 is 28.9 Å². The molecule has 2 atom stereocenters. The molecule has 1 aliphatic rings. The van der Waals surface area contributed by atoms with Gasteiger partial charge in [0.2, 0.25) is 0 Å². The largest absolute Gasteiger partial charge is 0.391 e. The highest BCUT2D eigenvalue weighted by molar-refractivity contribution is 6.42. The van der Waals surface area contributed by atoms with Gasteiger partial charge in [-0.1, -0.05) is 42.5 Å². The van der Waals surface area contributed by atoms with E-state index >= 15 is 0 Å². The molecule has 0 bridgehead atoms. The van der Waals surface area contributed by atoms with Gasteiger partial charge < -0.3 is 10.4 Å². The molecule has 0 radical (unpaired) electrons. The summed E-state index contributed by atoms with van der Waals surface area (Å²) < 4.78 is 0. The van der Waals surface area contributed by atoms with Crippen LogP contribution in [0.1, 0.15) is 32.1 Å². The highest BCUT2D eigenvalue weighted by atomic mass is 35.5. The maximum absolute atomic E-state index is 10.0. The van der Waals surface area contributed by atoms with Crippen LogP contribution in [-0.4, -0.2) is 17.3 Å². The third-order valence-corrected chi connectivity index (χ3v) is 3.99. The SMILES string of the molecule is O[C@@H]1CCCCC[C@H]1Nc1ccc(Cl)c(Cl)c1. The summed E-state index contributed by atoms with van der Waals surface area (Å²) in [5, 5.41) is 14.5. The van der Waals surface area contributed by atoms with Crippen LogP contribution in [0.4, 0.5) is 5.69 Å². The first kappa shape index (κ1) is 13.0. The Bertz CT molecular complexity index is 384. The second kappa shape index (κ2) is 5.94. The van der Waals surface area contributed by atoms with Crippen LogP contribution in [0.5, 0.6) is 0 Å². The average molecular weight is 274 g/mol. The van der Waals surface area contributed by atoms with E-state index < -0.39 is 0 Å². The van der Waals surface area contributed by atoms with Crippen molar-refractivity contribution in [2.45, 2.75) is 44.2 Å². The molecule has 1 aromatic rings. The van der Waals surface area contributed by atoms with Crippen molar-refractivity contribution in [3.05, 3.63) is 28.2 Å². The number of benzene rings is 1. The highest BCUT2D eigenvalue weighted by Gasteiger charge is 2.21. The first-order valence-electron chi connectivity index (χ1n) is 6.06. The lowest BCUT2D eigenvalue weighted by Gasteiger charge is -2.23. The van der Waals surface area contributed by atoms with Crippen LogP contribution in [0.25, 0.3) is 0 Å². The summed E-state index contributed by atoms with van der Waals surface area (Å²) in [5.41, 5.74) is 0.922. The molecule has 2 nitrogen and oxygen atoms in total. The molecule has 0 heterocycles. The fourth-order valence-corrected chi connectivity index (χ4v) is 2.55. The summed E-state index contributed by atoms with van der Waals surface area (Å²) in [6.45, 7) is 0. The smallest absolute Gasteiger partial charge is 0.0741 e. The Hall–Kier alpha value is -0.440. The molecule has 4 heteroatoms. The molecule has 17 heavy (non-hydrogen) atoms. The molecule has 94 valence electrons. The van der Waals surface area contributed by atoms with Crippen LogP contribution in [-0.2, 0) is 0 Å². The number of rotatable bonds is 2. The maximum atomic E-state index is 10.0. The van der Waals surface area contributed by atoms with Gasteiger partial charge >= 0.3 is 0 Å². The summed E-state index contributed by atoms with van der Waals surface area (Å²) in [6.07, 6.45) is 5.08. The van der Waals surface area contributed by atoms with Crippen LogP contribution in [0.3, 0.4) is 0 Å². The van der Waals surface area contributed by atoms with Crippen molar-refractivity contribution in [1.82, 2.24) is 0 Å². The Kier molecular flexibility index (Phi) is 4.55. The lowest BCUT2D eigenvalue weighted by Crippen LogP contribution is -2.32. The Morgan fingerprint density at radius 1 is 1.06 bits per heavy atom. The van der Waals surface area contributed by atoms with E-state index in [1.165, 1.54) is 6.42 Å². The topological polar surface area (TPSA) is 32.3 Å². The molecule has 0 amide bonds. The van der Waals surface area contributed by atoms with Crippen molar-refractivity contribution in [3.63, 3.8) is 0 Å². The molecule has 1 fully saturated rings. The number of nitrogens with one attached hydrogen (secondary N) is 1. The summed E-state index contributed by atoms with van der Waals surface area (Å²) >= 11 is 11.8. The Labute approximate surface area is 112 Å². The molecule has 1 aromatic carbocycles. The zero-order valence-corrected chi connectivity index (χ0v) is 11.1. The molecule has 1 aliphatic carbocycles. The number of anilines is 1. The molecular formula is C13H17Cl2NO.